The molecule has 16 heteroatoms. The van der Waals surface area contributed by atoms with Gasteiger partial charge in [-0.05, 0) is 154 Å². The summed E-state index contributed by atoms with van der Waals surface area (Å²) >= 11 is 20.1. The molecule has 0 saturated heterocycles. The molecule has 12 nitrogen and oxygen atoms in total. The third-order valence-corrected chi connectivity index (χ3v) is 15.8. The minimum absolute atomic E-state index is 0.0168. The van der Waals surface area contributed by atoms with Crippen molar-refractivity contribution in [3.05, 3.63) is 120 Å². The molecule has 2 heterocycles. The van der Waals surface area contributed by atoms with Crippen LogP contribution in [0.25, 0.3) is 0 Å². The van der Waals surface area contributed by atoms with Gasteiger partial charge in [0.05, 0.1) is 56.0 Å². The first-order valence-electron chi connectivity index (χ1n) is 28.8. The molecule has 0 spiro atoms. The van der Waals surface area contributed by atoms with Crippen LogP contribution < -0.4 is 15.4 Å². The summed E-state index contributed by atoms with van der Waals surface area (Å²) in [4.78, 5) is 65.4. The highest BCUT2D eigenvalue weighted by atomic mass is 32.1. The molecule has 0 aliphatic carbocycles. The fourth-order valence-electron chi connectivity index (χ4n) is 9.79. The van der Waals surface area contributed by atoms with Gasteiger partial charge < -0.3 is 38.7 Å². The summed E-state index contributed by atoms with van der Waals surface area (Å²) in [5.74, 6) is -1.84. The molecule has 9 unspecified atom stereocenters. The van der Waals surface area contributed by atoms with E-state index in [4.69, 9.17) is 43.6 Å². The number of thiol groups is 4. The number of ether oxygens (including phenoxy) is 2. The Morgan fingerprint density at radius 1 is 0.654 bits per heavy atom. The second kappa shape index (κ2) is 34.0. The number of likely N-dealkylation sites (N-methyl/N-ethyl adjacent to an activating group) is 4. The van der Waals surface area contributed by atoms with Crippen LogP contribution in [0.4, 0.5) is 0 Å². The van der Waals surface area contributed by atoms with Crippen LogP contribution in [0, 0.1) is 29.6 Å². The molecule has 2 N–H and O–H groups in total. The lowest BCUT2D eigenvalue weighted by Gasteiger charge is -2.41. The van der Waals surface area contributed by atoms with Crippen LogP contribution in [0.2, 0.25) is 0 Å². The Morgan fingerprint density at radius 3 is 1.68 bits per heavy atom. The summed E-state index contributed by atoms with van der Waals surface area (Å²) in [6.45, 7) is 16.0. The van der Waals surface area contributed by atoms with Crippen molar-refractivity contribution in [3.8, 4) is 5.75 Å². The Kier molecular flexibility index (Phi) is 27.7. The lowest BCUT2D eigenvalue weighted by molar-refractivity contribution is -0.142. The van der Waals surface area contributed by atoms with Crippen molar-refractivity contribution in [2.24, 2.45) is 23.7 Å². The highest BCUT2D eigenvalue weighted by Crippen LogP contribution is 2.40. The molecular formula is C62H93N4O8S4. The Labute approximate surface area is 492 Å². The minimum Gasteiger partial charge on any atom is -0.486 e. The fourth-order valence-corrected chi connectivity index (χ4v) is 11.1. The molecule has 2 aromatic carbocycles. The van der Waals surface area contributed by atoms with Crippen molar-refractivity contribution in [1.29, 1.82) is 0 Å². The molecule has 0 fully saturated rings. The molecular weight excluding hydrogens is 1060 g/mol. The molecule has 0 saturated carbocycles. The van der Waals surface area contributed by atoms with Crippen molar-refractivity contribution >= 4 is 73.9 Å². The predicted octanol–water partition coefficient (Wildman–Crippen LogP) is 11.8. The molecule has 2 amide bonds. The molecule has 0 bridgehead atoms. The fraction of sp³-hybridized carbons (Fsp3) is 0.597. The Balaban J connectivity index is 2.05. The second-order valence-electron chi connectivity index (χ2n) is 22.1. The van der Waals surface area contributed by atoms with Crippen LogP contribution in [0.15, 0.2) is 100 Å². The number of hydrogen-bond acceptors (Lipinski definition) is 14. The number of ketones is 2. The van der Waals surface area contributed by atoms with Gasteiger partial charge in [0.1, 0.15) is 30.5 Å². The standard InChI is InChI=1S/C62H93N4O8S4/c1-39(2)32-50(63-9)61(69)65(11)52(34-41(5)22-24-43(7)75)57(67)55(46-18-14-13-15-19-46)60(78)59(74-38-49-21-17-31-72-49)56(54(77)36-45-26-28-47(29-27-45)73-37-48-20-16-30-71-48)58(68)53(35-42(6)23-25-44(8)76)66(12)62(70)51(64-10)33-40(3)4/h13-21,26-31,39-44,50-55,59-60,63-64,75-78H,22-25,32-38H2,1-12H3/t41?,42?,43?,44?,50-,51-,52-,53-,54?,55?,59?,60?/m0/s1/i34D,52D/t34?,41?,42?,43?,44?,50-,51-,52-,53-,54?,55?,59?,60?. The maximum absolute atomic E-state index is 16.5. The van der Waals surface area contributed by atoms with Gasteiger partial charge in [-0.15, -0.1) is 0 Å². The van der Waals surface area contributed by atoms with Gasteiger partial charge >= 0.3 is 0 Å². The van der Waals surface area contributed by atoms with Gasteiger partial charge in [-0.2, -0.15) is 50.5 Å². The first kappa shape index (κ1) is 63.5. The lowest BCUT2D eigenvalue weighted by atomic mass is 9.76. The van der Waals surface area contributed by atoms with E-state index < -0.39 is 76.5 Å². The number of nitrogens with zero attached hydrogens (tertiary/aromatic N) is 2. The summed E-state index contributed by atoms with van der Waals surface area (Å²) in [5, 5.41) is 4.22. The smallest absolute Gasteiger partial charge is 0.240 e. The Bertz CT molecular complexity index is 2440. The maximum atomic E-state index is 16.5. The SMILES string of the molecule is [2H]C(C(C)CCC(C)S)[C@@]([2H])(C(=O)C(c1ccccc1)C(S)C(OCc1ccco1)[C](C(=O)[C@H](CC(C)CCC(C)S)N(C)C(=O)[C@H](CC(C)C)NC)C(S)Cc1ccc(OCc2ccco2)cc1)N(C)C(=O)[C@H](CC(C)C)NC. The van der Waals surface area contributed by atoms with Gasteiger partial charge in [0.25, 0.3) is 0 Å². The molecule has 2 aromatic heterocycles. The maximum Gasteiger partial charge on any atom is 0.240 e. The quantitative estimate of drug-likeness (QED) is 0.0242. The summed E-state index contributed by atoms with van der Waals surface area (Å²) in [6, 6.07) is 18.6. The number of furan rings is 2. The molecule has 0 aliphatic heterocycles. The largest absolute Gasteiger partial charge is 0.486 e. The van der Waals surface area contributed by atoms with Crippen molar-refractivity contribution < 1.29 is 40.2 Å². The van der Waals surface area contributed by atoms with Gasteiger partial charge in [-0.3, -0.25) is 19.2 Å². The molecule has 1 radical (unpaired) electrons. The number of rotatable bonds is 37. The van der Waals surface area contributed by atoms with Crippen LogP contribution in [0.1, 0.15) is 138 Å². The van der Waals surface area contributed by atoms with E-state index in [0.29, 0.717) is 48.5 Å². The zero-order valence-corrected chi connectivity index (χ0v) is 51.8. The van der Waals surface area contributed by atoms with Crippen LogP contribution in [-0.2, 0) is 43.5 Å². The molecule has 0 aliphatic rings. The van der Waals surface area contributed by atoms with Crippen molar-refractivity contribution in [3.63, 3.8) is 0 Å². The zero-order valence-electron chi connectivity index (χ0n) is 50.3. The molecule has 433 valence electrons. The average molecular weight is 1150 g/mol. The molecule has 13 atom stereocenters. The summed E-state index contributed by atoms with van der Waals surface area (Å²) < 4.78 is 44.9. The third kappa shape index (κ3) is 21.0. The van der Waals surface area contributed by atoms with E-state index >= 15 is 9.59 Å². The van der Waals surface area contributed by atoms with Crippen LogP contribution in [0.3, 0.4) is 0 Å². The number of nitrogens with one attached hydrogen (secondary N) is 2. The highest BCUT2D eigenvalue weighted by Gasteiger charge is 2.49. The highest BCUT2D eigenvalue weighted by molar-refractivity contribution is 7.81. The zero-order chi connectivity index (χ0) is 59.4. The second-order valence-corrected chi connectivity index (χ2v) is 25.1. The monoisotopic (exact) mass is 1150 g/mol. The number of amides is 2. The van der Waals surface area contributed by atoms with E-state index in [1.165, 1.54) is 13.3 Å². The average Bonchev–Trinajstić information content (AvgIpc) is 4.20. The Morgan fingerprint density at radius 2 is 1.18 bits per heavy atom. The van der Waals surface area contributed by atoms with Gasteiger partial charge in [0, 0.05) is 26.0 Å². The molecule has 4 rings (SSSR count). The first-order valence-corrected chi connectivity index (χ1v) is 29.8. The van der Waals surface area contributed by atoms with E-state index in [9.17, 15) is 12.3 Å². The Hall–Kier alpha value is -3.64. The van der Waals surface area contributed by atoms with Gasteiger partial charge in [-0.25, -0.2) is 0 Å². The number of Topliss-reactive ketones (excluding diaryl/α,β-unsaturated/α-hetero) is 2. The van der Waals surface area contributed by atoms with E-state index in [1.807, 2.05) is 84.9 Å². The van der Waals surface area contributed by atoms with Crippen LogP contribution in [-0.4, -0.2) is 113 Å². The molecule has 4 aromatic rings. The van der Waals surface area contributed by atoms with E-state index in [0.717, 1.165) is 23.3 Å². The number of benzene rings is 2. The third-order valence-electron chi connectivity index (χ3n) is 14.3. The van der Waals surface area contributed by atoms with Crippen molar-refractivity contribution in [2.45, 2.75) is 184 Å². The number of carbonyl (C=O) groups is 4. The number of hydrogen-bond donors (Lipinski definition) is 6. The number of carbonyl (C=O) groups excluding carboxylic acids is 4. The van der Waals surface area contributed by atoms with Gasteiger partial charge in [0.15, 0.2) is 11.6 Å². The summed E-state index contributed by atoms with van der Waals surface area (Å²) in [5.41, 5.74) is 1.24. The van der Waals surface area contributed by atoms with Crippen molar-refractivity contribution in [1.82, 2.24) is 20.4 Å². The van der Waals surface area contributed by atoms with Crippen molar-refractivity contribution in [2.75, 3.05) is 28.2 Å². The van der Waals surface area contributed by atoms with E-state index in [-0.39, 0.29) is 66.1 Å². The van der Waals surface area contributed by atoms with Gasteiger partial charge in [0.2, 0.25) is 11.8 Å². The summed E-state index contributed by atoms with van der Waals surface area (Å²) in [6.07, 6.45) is 4.28. The van der Waals surface area contributed by atoms with E-state index in [2.05, 4.69) is 42.8 Å². The molecule has 78 heavy (non-hydrogen) atoms. The van der Waals surface area contributed by atoms with Crippen LogP contribution in [0.5, 0.6) is 5.75 Å². The van der Waals surface area contributed by atoms with Gasteiger partial charge in [-0.1, -0.05) is 97.9 Å². The topological polar surface area (TPSA) is 144 Å². The first-order chi connectivity index (χ1) is 37.8. The summed E-state index contributed by atoms with van der Waals surface area (Å²) in [7, 11) is 6.53. The minimum atomic E-state index is -2.51. The predicted molar refractivity (Wildman–Crippen MR) is 329 cm³/mol. The van der Waals surface area contributed by atoms with E-state index in [1.54, 1.807) is 74.8 Å². The lowest BCUT2D eigenvalue weighted by Crippen LogP contribution is -2.56. The normalized spacial score (nSPS) is 17.8. The van der Waals surface area contributed by atoms with Crippen LogP contribution >= 0.6 is 50.5 Å².